The Morgan fingerprint density at radius 1 is 0.957 bits per heavy atom. The normalized spacial score (nSPS) is 18.5. The van der Waals surface area contributed by atoms with Crippen LogP contribution in [0, 0.1) is 17.8 Å². The van der Waals surface area contributed by atoms with E-state index in [-0.39, 0.29) is 55.4 Å². The lowest BCUT2D eigenvalue weighted by molar-refractivity contribution is -0.150. The first-order valence-electron chi connectivity index (χ1n) is 17.1. The molecule has 248 valence electrons. The number of nitrogens with one attached hydrogen (secondary N) is 1. The number of aliphatic hydroxyl groups is 1. The molecule has 2 aromatic rings. The number of amides is 2. The molecule has 1 saturated carbocycles. The summed E-state index contributed by atoms with van der Waals surface area (Å²) in [5.41, 5.74) is 3.29. The zero-order valence-electron chi connectivity index (χ0n) is 27.3. The van der Waals surface area contributed by atoms with Crippen molar-refractivity contribution < 1.29 is 24.2 Å². The first kappa shape index (κ1) is 35.1. The van der Waals surface area contributed by atoms with Crippen LogP contribution < -0.4 is 5.32 Å². The molecule has 7 heteroatoms. The Balaban J connectivity index is 1.42. The maximum absolute atomic E-state index is 13.8. The van der Waals surface area contributed by atoms with Crippen molar-refractivity contribution in [3.8, 4) is 0 Å². The van der Waals surface area contributed by atoms with Gasteiger partial charge in [-0.3, -0.25) is 14.4 Å². The largest absolute Gasteiger partial charge is 0.463 e. The first-order valence-corrected chi connectivity index (χ1v) is 17.1. The van der Waals surface area contributed by atoms with E-state index in [2.05, 4.69) is 18.5 Å². The third-order valence-electron chi connectivity index (χ3n) is 9.62. The van der Waals surface area contributed by atoms with E-state index >= 15 is 0 Å². The number of hydrogen-bond acceptors (Lipinski definition) is 5. The summed E-state index contributed by atoms with van der Waals surface area (Å²) in [4.78, 5) is 42.5. The number of fused-ring (bicyclic) bond motifs is 1. The van der Waals surface area contributed by atoms with E-state index in [1.165, 1.54) is 19.3 Å². The number of carbonyl (C=O) groups is 3. The highest BCUT2D eigenvalue weighted by Gasteiger charge is 2.33. The van der Waals surface area contributed by atoms with Crippen molar-refractivity contribution in [2.45, 2.75) is 95.7 Å². The first-order chi connectivity index (χ1) is 22.4. The molecule has 4 atom stereocenters. The van der Waals surface area contributed by atoms with E-state index in [9.17, 15) is 19.5 Å². The van der Waals surface area contributed by atoms with Crippen LogP contribution in [0.15, 0.2) is 79.9 Å². The molecule has 2 amide bonds. The van der Waals surface area contributed by atoms with Crippen molar-refractivity contribution >= 4 is 17.8 Å². The molecule has 2 N–H and O–H groups in total. The second-order valence-electron chi connectivity index (χ2n) is 13.1. The fourth-order valence-corrected chi connectivity index (χ4v) is 6.99. The summed E-state index contributed by atoms with van der Waals surface area (Å²) >= 11 is 0. The van der Waals surface area contributed by atoms with Gasteiger partial charge in [-0.25, -0.2) is 0 Å². The highest BCUT2D eigenvalue weighted by molar-refractivity contribution is 5.86. The standard InChI is InChI=1S/C39H52N2O5/c1-3-5-19-33(22-29-15-8-6-9-16-29)39(45)46-28-35(23-30-17-10-7-11-18-30)40-38(44)32(14-4-2)25-37(43)41-26-34-21-13-12-20-31(34)24-36(41)27-42/h3-4,6,8-9,12-13,15-16,20-21,30,32-33,35-36,42H,1-2,5,7,10-11,14,17-19,22-28H2,(H,40,44)/t32-,33-,35+,36+/m1/s1. The molecule has 1 heterocycles. The summed E-state index contributed by atoms with van der Waals surface area (Å²) in [6.07, 6.45) is 12.9. The van der Waals surface area contributed by atoms with Crippen LogP contribution in [0.1, 0.15) is 80.9 Å². The molecule has 2 aliphatic rings. The van der Waals surface area contributed by atoms with Gasteiger partial charge in [0.05, 0.1) is 30.5 Å². The Hall–Kier alpha value is -3.71. The van der Waals surface area contributed by atoms with Gasteiger partial charge < -0.3 is 20.1 Å². The van der Waals surface area contributed by atoms with Crippen molar-refractivity contribution in [1.29, 1.82) is 0 Å². The Labute approximate surface area is 275 Å². The molecular formula is C39H52N2O5. The van der Waals surface area contributed by atoms with Crippen LogP contribution >= 0.6 is 0 Å². The summed E-state index contributed by atoms with van der Waals surface area (Å²) < 4.78 is 5.94. The smallest absolute Gasteiger partial charge is 0.309 e. The number of hydrogen-bond donors (Lipinski definition) is 2. The molecular weight excluding hydrogens is 576 g/mol. The molecule has 0 aromatic heterocycles. The van der Waals surface area contributed by atoms with E-state index in [1.54, 1.807) is 11.0 Å². The number of aliphatic hydroxyl groups excluding tert-OH is 1. The number of rotatable bonds is 17. The SMILES string of the molecule is C=CCC[C@H](Cc1ccccc1)C(=O)OC[C@H](CC1CCCCC1)NC(=O)[C@H](CC=C)CC(=O)N1Cc2ccccc2C[C@H]1CO. The van der Waals surface area contributed by atoms with E-state index in [1.807, 2.05) is 60.7 Å². The van der Waals surface area contributed by atoms with E-state index in [4.69, 9.17) is 4.74 Å². The monoisotopic (exact) mass is 628 g/mol. The van der Waals surface area contributed by atoms with Crippen molar-refractivity contribution in [3.63, 3.8) is 0 Å². The molecule has 0 saturated heterocycles. The average molecular weight is 629 g/mol. The van der Waals surface area contributed by atoms with Gasteiger partial charge in [0.1, 0.15) is 6.61 Å². The Bertz CT molecular complexity index is 1290. The van der Waals surface area contributed by atoms with E-state index < -0.39 is 5.92 Å². The Kier molecular flexibility index (Phi) is 14.1. The molecule has 46 heavy (non-hydrogen) atoms. The number of nitrogens with zero attached hydrogens (tertiary/aromatic N) is 1. The quantitative estimate of drug-likeness (QED) is 0.158. The van der Waals surface area contributed by atoms with Crippen LogP contribution in [0.25, 0.3) is 0 Å². The maximum Gasteiger partial charge on any atom is 0.309 e. The molecule has 4 rings (SSSR count). The van der Waals surface area contributed by atoms with Gasteiger partial charge in [0.2, 0.25) is 11.8 Å². The predicted molar refractivity (Wildman–Crippen MR) is 182 cm³/mol. The summed E-state index contributed by atoms with van der Waals surface area (Å²) in [5.74, 6) is -1.09. The van der Waals surface area contributed by atoms with E-state index in [0.717, 1.165) is 36.0 Å². The third kappa shape index (κ3) is 10.4. The molecule has 1 aliphatic heterocycles. The minimum atomic E-state index is -0.607. The van der Waals surface area contributed by atoms with Crippen molar-refractivity contribution in [2.24, 2.45) is 17.8 Å². The van der Waals surface area contributed by atoms with Crippen LogP contribution in [0.4, 0.5) is 0 Å². The zero-order chi connectivity index (χ0) is 32.7. The lowest BCUT2D eigenvalue weighted by Gasteiger charge is -2.37. The highest BCUT2D eigenvalue weighted by atomic mass is 16.5. The van der Waals surface area contributed by atoms with Gasteiger partial charge in [0.15, 0.2) is 0 Å². The van der Waals surface area contributed by atoms with Gasteiger partial charge in [0, 0.05) is 13.0 Å². The maximum atomic E-state index is 13.8. The topological polar surface area (TPSA) is 95.9 Å². The van der Waals surface area contributed by atoms with Gasteiger partial charge in [0.25, 0.3) is 0 Å². The summed E-state index contributed by atoms with van der Waals surface area (Å²) in [6, 6.07) is 17.3. The minimum absolute atomic E-state index is 0.0210. The van der Waals surface area contributed by atoms with Crippen LogP contribution in [0.5, 0.6) is 0 Å². The van der Waals surface area contributed by atoms with Crippen LogP contribution in [-0.2, 0) is 38.5 Å². The fourth-order valence-electron chi connectivity index (χ4n) is 6.99. The predicted octanol–water partition coefficient (Wildman–Crippen LogP) is 6.34. The highest BCUT2D eigenvalue weighted by Crippen LogP contribution is 2.29. The molecule has 0 radical (unpaired) electrons. The number of ether oxygens (including phenoxy) is 1. The lowest BCUT2D eigenvalue weighted by Crippen LogP contribution is -2.48. The van der Waals surface area contributed by atoms with E-state index in [0.29, 0.717) is 44.6 Å². The van der Waals surface area contributed by atoms with Crippen molar-refractivity contribution in [1.82, 2.24) is 10.2 Å². The van der Waals surface area contributed by atoms with Gasteiger partial charge in [-0.2, -0.15) is 0 Å². The summed E-state index contributed by atoms with van der Waals surface area (Å²) in [6.45, 7) is 8.06. The molecule has 2 aromatic carbocycles. The van der Waals surface area contributed by atoms with Gasteiger partial charge in [-0.05, 0) is 61.1 Å². The summed E-state index contributed by atoms with van der Waals surface area (Å²) in [5, 5.41) is 13.3. The number of benzene rings is 2. The van der Waals surface area contributed by atoms with Crippen LogP contribution in [-0.4, -0.2) is 53.1 Å². The Morgan fingerprint density at radius 3 is 2.37 bits per heavy atom. The Morgan fingerprint density at radius 2 is 1.67 bits per heavy atom. The van der Waals surface area contributed by atoms with Crippen LogP contribution in [0.3, 0.4) is 0 Å². The molecule has 0 bridgehead atoms. The van der Waals surface area contributed by atoms with Crippen molar-refractivity contribution in [2.75, 3.05) is 13.2 Å². The van der Waals surface area contributed by atoms with Gasteiger partial charge in [-0.15, -0.1) is 13.2 Å². The lowest BCUT2D eigenvalue weighted by atomic mass is 9.84. The van der Waals surface area contributed by atoms with Gasteiger partial charge in [-0.1, -0.05) is 98.9 Å². The molecule has 1 aliphatic carbocycles. The van der Waals surface area contributed by atoms with Crippen molar-refractivity contribution in [3.05, 3.63) is 96.6 Å². The summed E-state index contributed by atoms with van der Waals surface area (Å²) in [7, 11) is 0. The molecule has 1 fully saturated rings. The fraction of sp³-hybridized carbons (Fsp3) is 0.513. The number of esters is 1. The second kappa shape index (κ2) is 18.4. The average Bonchev–Trinajstić information content (AvgIpc) is 3.08. The number of carbonyl (C=O) groups excluding carboxylic acids is 3. The number of allylic oxidation sites excluding steroid dienone is 2. The molecule has 0 spiro atoms. The molecule has 0 unspecified atom stereocenters. The molecule has 7 nitrogen and oxygen atoms in total. The second-order valence-corrected chi connectivity index (χ2v) is 13.1. The third-order valence-corrected chi connectivity index (χ3v) is 9.62. The van der Waals surface area contributed by atoms with Crippen LogP contribution in [0.2, 0.25) is 0 Å². The zero-order valence-corrected chi connectivity index (χ0v) is 27.3. The minimum Gasteiger partial charge on any atom is -0.463 e. The van der Waals surface area contributed by atoms with Gasteiger partial charge >= 0.3 is 5.97 Å².